The highest BCUT2D eigenvalue weighted by molar-refractivity contribution is 5.87. The second-order valence-electron chi connectivity index (χ2n) is 5.72. The zero-order chi connectivity index (χ0) is 16.9. The number of nitrogens with one attached hydrogen (secondary N) is 1. The molecule has 3 N–H and O–H groups in total. The number of amides is 1. The summed E-state index contributed by atoms with van der Waals surface area (Å²) >= 11 is 0. The average Bonchev–Trinajstić information content (AvgIpc) is 2.40. The molecule has 124 valence electrons. The van der Waals surface area contributed by atoms with E-state index in [1.807, 2.05) is 6.92 Å². The Labute approximate surface area is 132 Å². The van der Waals surface area contributed by atoms with E-state index in [1.54, 1.807) is 18.2 Å². The summed E-state index contributed by atoms with van der Waals surface area (Å²) in [6.07, 6.45) is -0.716. The van der Waals surface area contributed by atoms with Crippen LogP contribution in [-0.4, -0.2) is 36.4 Å². The molecule has 0 bridgehead atoms. The first kappa shape index (κ1) is 18.1. The zero-order valence-electron chi connectivity index (χ0n) is 14.2. The normalized spacial score (nSPS) is 12.6. The Hall–Kier alpha value is -1.95. The smallest absolute Gasteiger partial charge is 0.411 e. The van der Waals surface area contributed by atoms with Crippen LogP contribution < -0.4 is 15.8 Å². The molecule has 1 aromatic carbocycles. The lowest BCUT2D eigenvalue weighted by Gasteiger charge is -2.36. The summed E-state index contributed by atoms with van der Waals surface area (Å²) in [4.78, 5) is 13.7. The Kier molecular flexibility index (Phi) is 6.49. The zero-order valence-corrected chi connectivity index (χ0v) is 14.2. The van der Waals surface area contributed by atoms with E-state index in [0.717, 1.165) is 0 Å². The van der Waals surface area contributed by atoms with E-state index >= 15 is 0 Å². The fourth-order valence-corrected chi connectivity index (χ4v) is 2.58. The first-order valence-corrected chi connectivity index (χ1v) is 7.44. The predicted molar refractivity (Wildman–Crippen MR) is 89.1 cm³/mol. The fraction of sp³-hybridized carbons (Fsp3) is 0.562. The van der Waals surface area contributed by atoms with Crippen LogP contribution in [0, 0.1) is 0 Å². The second kappa shape index (κ2) is 7.89. The molecular formula is C16H27N3O3. The van der Waals surface area contributed by atoms with Gasteiger partial charge in [-0.1, -0.05) is 0 Å². The summed E-state index contributed by atoms with van der Waals surface area (Å²) in [6, 6.07) is 5.75. The first-order valence-electron chi connectivity index (χ1n) is 7.44. The monoisotopic (exact) mass is 309 g/mol. The van der Waals surface area contributed by atoms with Gasteiger partial charge in [0.05, 0.1) is 12.8 Å². The lowest BCUT2D eigenvalue weighted by molar-refractivity contribution is -0.00517. The SMILES string of the molecule is COC(=O)Nc1ccc(N)cc1OC(C)N(C(C)C)C(C)C. The first-order chi connectivity index (χ1) is 10.3. The van der Waals surface area contributed by atoms with Crippen LogP contribution in [0.5, 0.6) is 5.75 Å². The van der Waals surface area contributed by atoms with E-state index in [1.165, 1.54) is 7.11 Å². The predicted octanol–water partition coefficient (Wildman–Crippen LogP) is 3.29. The number of nitrogen functional groups attached to an aromatic ring is 1. The summed E-state index contributed by atoms with van der Waals surface area (Å²) in [5.41, 5.74) is 6.92. The fourth-order valence-electron chi connectivity index (χ4n) is 2.58. The molecule has 0 aromatic heterocycles. The highest BCUT2D eigenvalue weighted by Gasteiger charge is 2.22. The van der Waals surface area contributed by atoms with Gasteiger partial charge in [0, 0.05) is 23.8 Å². The maximum absolute atomic E-state index is 11.4. The number of hydrogen-bond acceptors (Lipinski definition) is 5. The van der Waals surface area contributed by atoms with Crippen LogP contribution in [0.4, 0.5) is 16.2 Å². The molecule has 1 aromatic rings. The quantitative estimate of drug-likeness (QED) is 0.623. The van der Waals surface area contributed by atoms with Crippen LogP contribution in [0.2, 0.25) is 0 Å². The maximum Gasteiger partial charge on any atom is 0.411 e. The minimum absolute atomic E-state index is 0.167. The largest absolute Gasteiger partial charge is 0.473 e. The number of benzene rings is 1. The molecule has 0 radical (unpaired) electrons. The average molecular weight is 309 g/mol. The molecule has 0 aliphatic carbocycles. The second-order valence-corrected chi connectivity index (χ2v) is 5.72. The van der Waals surface area contributed by atoms with Gasteiger partial charge in [-0.25, -0.2) is 4.79 Å². The number of ether oxygens (including phenoxy) is 2. The lowest BCUT2D eigenvalue weighted by Crippen LogP contribution is -2.46. The van der Waals surface area contributed by atoms with Crippen molar-refractivity contribution in [3.63, 3.8) is 0 Å². The molecule has 1 amide bonds. The van der Waals surface area contributed by atoms with E-state index in [2.05, 4.69) is 42.6 Å². The molecule has 6 nitrogen and oxygen atoms in total. The number of rotatable bonds is 6. The lowest BCUT2D eigenvalue weighted by atomic mass is 10.2. The van der Waals surface area contributed by atoms with Crippen LogP contribution >= 0.6 is 0 Å². The Morgan fingerprint density at radius 3 is 2.27 bits per heavy atom. The van der Waals surface area contributed by atoms with E-state index in [0.29, 0.717) is 29.2 Å². The molecule has 0 saturated carbocycles. The van der Waals surface area contributed by atoms with Crippen molar-refractivity contribution >= 4 is 17.5 Å². The number of methoxy groups -OCH3 is 1. The number of nitrogens with two attached hydrogens (primary N) is 1. The van der Waals surface area contributed by atoms with Crippen molar-refractivity contribution < 1.29 is 14.3 Å². The topological polar surface area (TPSA) is 76.8 Å². The van der Waals surface area contributed by atoms with Crippen LogP contribution in [0.3, 0.4) is 0 Å². The number of nitrogens with zero attached hydrogens (tertiary/aromatic N) is 1. The Bertz CT molecular complexity index is 495. The van der Waals surface area contributed by atoms with E-state index < -0.39 is 6.09 Å². The molecular weight excluding hydrogens is 282 g/mol. The summed E-state index contributed by atoms with van der Waals surface area (Å²) in [5.74, 6) is 0.518. The maximum atomic E-state index is 11.4. The summed E-state index contributed by atoms with van der Waals surface area (Å²) in [5, 5.41) is 2.63. The highest BCUT2D eigenvalue weighted by Crippen LogP contribution is 2.29. The summed E-state index contributed by atoms with van der Waals surface area (Å²) in [7, 11) is 1.31. The van der Waals surface area contributed by atoms with Gasteiger partial charge in [0.2, 0.25) is 0 Å². The minimum Gasteiger partial charge on any atom is -0.473 e. The van der Waals surface area contributed by atoms with Gasteiger partial charge < -0.3 is 15.2 Å². The van der Waals surface area contributed by atoms with Gasteiger partial charge in [0.25, 0.3) is 0 Å². The molecule has 0 heterocycles. The van der Waals surface area contributed by atoms with Gasteiger partial charge >= 0.3 is 6.09 Å². The molecule has 0 spiro atoms. The number of carbonyl (C=O) groups is 1. The summed E-state index contributed by atoms with van der Waals surface area (Å²) < 4.78 is 10.7. The number of hydrogen-bond donors (Lipinski definition) is 2. The van der Waals surface area contributed by atoms with Gasteiger partial charge in [-0.3, -0.25) is 10.2 Å². The molecule has 0 aliphatic rings. The van der Waals surface area contributed by atoms with Gasteiger partial charge in [-0.15, -0.1) is 0 Å². The third-order valence-electron chi connectivity index (χ3n) is 3.34. The van der Waals surface area contributed by atoms with Crippen molar-refractivity contribution in [1.29, 1.82) is 0 Å². The third kappa shape index (κ3) is 4.80. The molecule has 1 unspecified atom stereocenters. The Morgan fingerprint density at radius 2 is 1.77 bits per heavy atom. The van der Waals surface area contributed by atoms with E-state index in [-0.39, 0.29) is 6.23 Å². The van der Waals surface area contributed by atoms with Crippen molar-refractivity contribution in [3.05, 3.63) is 18.2 Å². The van der Waals surface area contributed by atoms with Crippen LogP contribution in [0.15, 0.2) is 18.2 Å². The molecule has 0 fully saturated rings. The molecule has 0 aliphatic heterocycles. The third-order valence-corrected chi connectivity index (χ3v) is 3.34. The van der Waals surface area contributed by atoms with Crippen LogP contribution in [-0.2, 0) is 4.74 Å². The van der Waals surface area contributed by atoms with Crippen molar-refractivity contribution in [1.82, 2.24) is 4.90 Å². The van der Waals surface area contributed by atoms with Crippen molar-refractivity contribution in [2.24, 2.45) is 0 Å². The molecule has 22 heavy (non-hydrogen) atoms. The Balaban J connectivity index is 2.99. The summed E-state index contributed by atoms with van der Waals surface area (Å²) in [6.45, 7) is 10.4. The van der Waals surface area contributed by atoms with E-state index in [9.17, 15) is 4.79 Å². The van der Waals surface area contributed by atoms with Crippen LogP contribution in [0.25, 0.3) is 0 Å². The molecule has 1 rings (SSSR count). The number of anilines is 2. The number of carbonyl (C=O) groups excluding carboxylic acids is 1. The van der Waals surface area contributed by atoms with Crippen molar-refractivity contribution in [2.75, 3.05) is 18.2 Å². The van der Waals surface area contributed by atoms with Gasteiger partial charge in [0.15, 0.2) is 0 Å². The highest BCUT2D eigenvalue weighted by atomic mass is 16.5. The molecule has 1 atom stereocenters. The standard InChI is InChI=1S/C16H27N3O3/c1-10(2)19(11(3)4)12(5)22-15-9-13(17)7-8-14(15)18-16(20)21-6/h7-12H,17H2,1-6H3,(H,18,20). The molecule has 0 saturated heterocycles. The van der Waals surface area contributed by atoms with Crippen molar-refractivity contribution in [3.8, 4) is 5.75 Å². The van der Waals surface area contributed by atoms with E-state index in [4.69, 9.17) is 10.5 Å². The van der Waals surface area contributed by atoms with Gasteiger partial charge in [-0.2, -0.15) is 0 Å². The Morgan fingerprint density at radius 1 is 1.18 bits per heavy atom. The van der Waals surface area contributed by atoms with Crippen LogP contribution in [0.1, 0.15) is 34.6 Å². The molecule has 6 heteroatoms. The van der Waals surface area contributed by atoms with Crippen molar-refractivity contribution in [2.45, 2.75) is 52.9 Å². The van der Waals surface area contributed by atoms with Gasteiger partial charge in [0.1, 0.15) is 12.0 Å². The minimum atomic E-state index is -0.549. The van der Waals surface area contributed by atoms with Gasteiger partial charge in [-0.05, 0) is 46.8 Å².